The van der Waals surface area contributed by atoms with E-state index in [0.29, 0.717) is 37.3 Å². The topological polar surface area (TPSA) is 99.8 Å². The molecule has 0 bridgehead atoms. The van der Waals surface area contributed by atoms with Gasteiger partial charge in [-0.05, 0) is 13.8 Å². The molecule has 2 aromatic rings. The van der Waals surface area contributed by atoms with Crippen molar-refractivity contribution >= 4 is 17.7 Å². The van der Waals surface area contributed by atoms with Gasteiger partial charge in [0, 0.05) is 49.4 Å². The molecular weight excluding hydrogens is 360 g/mol. The van der Waals surface area contributed by atoms with Crippen LogP contribution in [0.15, 0.2) is 16.7 Å². The van der Waals surface area contributed by atoms with E-state index in [1.54, 1.807) is 11.8 Å². The van der Waals surface area contributed by atoms with Gasteiger partial charge >= 0.3 is 5.97 Å². The van der Waals surface area contributed by atoms with E-state index in [4.69, 9.17) is 9.52 Å². The lowest BCUT2D eigenvalue weighted by atomic mass is 10.1. The van der Waals surface area contributed by atoms with Crippen molar-refractivity contribution in [3.05, 3.63) is 40.7 Å². The lowest BCUT2D eigenvalue weighted by Crippen LogP contribution is -2.49. The second-order valence-electron chi connectivity index (χ2n) is 7.45. The number of carboxylic acids is 1. The highest BCUT2D eigenvalue weighted by atomic mass is 16.4. The van der Waals surface area contributed by atoms with Crippen molar-refractivity contribution < 1.29 is 19.1 Å². The van der Waals surface area contributed by atoms with Crippen LogP contribution in [0.2, 0.25) is 0 Å². The number of anilines is 1. The smallest absolute Gasteiger partial charge is 0.311 e. The number of hydrogen-bond donors (Lipinski definition) is 1. The zero-order valence-electron chi connectivity index (χ0n) is 16.7. The third-order valence-corrected chi connectivity index (χ3v) is 4.84. The van der Waals surface area contributed by atoms with Gasteiger partial charge in [-0.15, -0.1) is 0 Å². The highest BCUT2D eigenvalue weighted by Crippen LogP contribution is 2.22. The van der Waals surface area contributed by atoms with Crippen LogP contribution < -0.4 is 4.90 Å². The molecular formula is C20H26N4O4. The molecule has 150 valence electrons. The minimum Gasteiger partial charge on any atom is -0.481 e. The van der Waals surface area contributed by atoms with E-state index >= 15 is 0 Å². The Morgan fingerprint density at radius 2 is 1.86 bits per heavy atom. The summed E-state index contributed by atoms with van der Waals surface area (Å²) < 4.78 is 5.30. The Bertz CT molecular complexity index is 882. The minimum absolute atomic E-state index is 0.177. The molecule has 1 N–H and O–H groups in total. The zero-order valence-corrected chi connectivity index (χ0v) is 16.7. The highest BCUT2D eigenvalue weighted by Gasteiger charge is 2.28. The Labute approximate surface area is 164 Å². The van der Waals surface area contributed by atoms with Crippen LogP contribution in [-0.4, -0.2) is 58.0 Å². The largest absolute Gasteiger partial charge is 0.481 e. The van der Waals surface area contributed by atoms with Gasteiger partial charge in [-0.1, -0.05) is 13.8 Å². The van der Waals surface area contributed by atoms with E-state index in [-0.39, 0.29) is 24.0 Å². The van der Waals surface area contributed by atoms with Crippen LogP contribution in [0.25, 0.3) is 0 Å². The molecule has 3 heterocycles. The Balaban J connectivity index is 1.72. The number of carbonyl (C=O) groups excluding carboxylic acids is 1. The van der Waals surface area contributed by atoms with Crippen molar-refractivity contribution in [1.29, 1.82) is 0 Å². The molecule has 1 fully saturated rings. The summed E-state index contributed by atoms with van der Waals surface area (Å²) in [5.74, 6) is 0.969. The lowest BCUT2D eigenvalue weighted by Gasteiger charge is -2.35. The normalized spacial score (nSPS) is 14.6. The maximum absolute atomic E-state index is 13.0. The fourth-order valence-electron chi connectivity index (χ4n) is 3.34. The van der Waals surface area contributed by atoms with Gasteiger partial charge < -0.3 is 19.3 Å². The van der Waals surface area contributed by atoms with Crippen LogP contribution in [0.5, 0.6) is 0 Å². The number of aryl methyl sites for hydroxylation is 2. The van der Waals surface area contributed by atoms with Gasteiger partial charge in [0.05, 0.1) is 11.8 Å². The molecule has 0 saturated carbocycles. The molecule has 8 nitrogen and oxygen atoms in total. The number of aliphatic carboxylic acids is 1. The predicted octanol–water partition coefficient (Wildman–Crippen LogP) is 2.40. The summed E-state index contributed by atoms with van der Waals surface area (Å²) in [4.78, 5) is 37.0. The maximum atomic E-state index is 13.0. The fourth-order valence-corrected chi connectivity index (χ4v) is 3.34. The fraction of sp³-hybridized carbons (Fsp3) is 0.500. The van der Waals surface area contributed by atoms with Gasteiger partial charge in [0.2, 0.25) is 0 Å². The summed E-state index contributed by atoms with van der Waals surface area (Å²) in [5, 5.41) is 9.03. The maximum Gasteiger partial charge on any atom is 0.311 e. The zero-order chi connectivity index (χ0) is 20.4. The average Bonchev–Trinajstić information content (AvgIpc) is 3.00. The minimum atomic E-state index is -1.02. The monoisotopic (exact) mass is 386 g/mol. The first-order chi connectivity index (χ1) is 13.3. The van der Waals surface area contributed by atoms with E-state index in [2.05, 4.69) is 28.7 Å². The first-order valence-corrected chi connectivity index (χ1v) is 9.44. The Morgan fingerprint density at radius 1 is 1.18 bits per heavy atom. The molecule has 0 unspecified atom stereocenters. The van der Waals surface area contributed by atoms with Crippen LogP contribution >= 0.6 is 0 Å². The van der Waals surface area contributed by atoms with Crippen LogP contribution in [-0.2, 0) is 11.2 Å². The predicted molar refractivity (Wildman–Crippen MR) is 104 cm³/mol. The SMILES string of the molecule is Cc1cc(N2CCN(C(=O)c3c(C)coc3CC(=O)O)CC2)nc(C(C)C)n1. The van der Waals surface area contributed by atoms with Gasteiger partial charge in [-0.3, -0.25) is 9.59 Å². The third-order valence-electron chi connectivity index (χ3n) is 4.84. The van der Waals surface area contributed by atoms with Gasteiger partial charge in [-0.25, -0.2) is 9.97 Å². The molecule has 28 heavy (non-hydrogen) atoms. The molecule has 0 aliphatic carbocycles. The van der Waals surface area contributed by atoms with Crippen molar-refractivity contribution in [3.8, 4) is 0 Å². The van der Waals surface area contributed by atoms with Crippen LogP contribution in [0, 0.1) is 13.8 Å². The Kier molecular flexibility index (Phi) is 5.67. The summed E-state index contributed by atoms with van der Waals surface area (Å²) in [6, 6.07) is 1.97. The van der Waals surface area contributed by atoms with E-state index in [9.17, 15) is 9.59 Å². The highest BCUT2D eigenvalue weighted by molar-refractivity contribution is 5.97. The molecule has 2 aromatic heterocycles. The number of carbonyl (C=O) groups is 2. The summed E-state index contributed by atoms with van der Waals surface area (Å²) in [5.41, 5.74) is 1.96. The van der Waals surface area contributed by atoms with Crippen molar-refractivity contribution in [2.75, 3.05) is 31.1 Å². The third kappa shape index (κ3) is 4.16. The molecule has 8 heteroatoms. The van der Waals surface area contributed by atoms with Crippen LogP contribution in [0.3, 0.4) is 0 Å². The second kappa shape index (κ2) is 8.00. The standard InChI is InChI=1S/C20H26N4O4/c1-12(2)19-21-14(4)9-16(22-19)23-5-7-24(8-6-23)20(27)18-13(3)11-28-15(18)10-17(25)26/h9,11-12H,5-8,10H2,1-4H3,(H,25,26). The number of carboxylic acid groups (broad SMARTS) is 1. The van der Waals surface area contributed by atoms with Crippen LogP contribution in [0.4, 0.5) is 5.82 Å². The molecule has 0 radical (unpaired) electrons. The second-order valence-corrected chi connectivity index (χ2v) is 7.45. The van der Waals surface area contributed by atoms with Gasteiger partial charge in [0.1, 0.15) is 23.8 Å². The van der Waals surface area contributed by atoms with Crippen molar-refractivity contribution in [1.82, 2.24) is 14.9 Å². The first-order valence-electron chi connectivity index (χ1n) is 9.44. The molecule has 1 aliphatic heterocycles. The van der Waals surface area contributed by atoms with E-state index in [0.717, 1.165) is 17.3 Å². The summed E-state index contributed by atoms with van der Waals surface area (Å²) in [6.45, 7) is 10.2. The van der Waals surface area contributed by atoms with Crippen molar-refractivity contribution in [3.63, 3.8) is 0 Å². The number of rotatable bonds is 5. The number of nitrogens with zero attached hydrogens (tertiary/aromatic N) is 4. The molecule has 1 amide bonds. The number of aromatic nitrogens is 2. The average molecular weight is 386 g/mol. The molecule has 3 rings (SSSR count). The van der Waals surface area contributed by atoms with Crippen molar-refractivity contribution in [2.24, 2.45) is 0 Å². The van der Waals surface area contributed by atoms with Gasteiger partial charge in [0.15, 0.2) is 0 Å². The molecule has 0 spiro atoms. The Hall–Kier alpha value is -2.90. The molecule has 0 aromatic carbocycles. The number of piperazine rings is 1. The first kappa shape index (κ1) is 19.9. The van der Waals surface area contributed by atoms with E-state index in [1.165, 1.54) is 6.26 Å². The molecule has 0 atom stereocenters. The van der Waals surface area contributed by atoms with Gasteiger partial charge in [0.25, 0.3) is 5.91 Å². The van der Waals surface area contributed by atoms with Gasteiger partial charge in [-0.2, -0.15) is 0 Å². The Morgan fingerprint density at radius 3 is 2.46 bits per heavy atom. The van der Waals surface area contributed by atoms with Crippen LogP contribution in [0.1, 0.15) is 53.0 Å². The van der Waals surface area contributed by atoms with E-state index < -0.39 is 5.97 Å². The summed E-state index contributed by atoms with van der Waals surface area (Å²) in [7, 11) is 0. The number of hydrogen-bond acceptors (Lipinski definition) is 6. The molecule has 1 aliphatic rings. The summed E-state index contributed by atoms with van der Waals surface area (Å²) >= 11 is 0. The number of amides is 1. The van der Waals surface area contributed by atoms with E-state index in [1.807, 2.05) is 13.0 Å². The quantitative estimate of drug-likeness (QED) is 0.842. The lowest BCUT2D eigenvalue weighted by molar-refractivity contribution is -0.136. The number of furan rings is 1. The van der Waals surface area contributed by atoms with Crippen molar-refractivity contribution in [2.45, 2.75) is 40.0 Å². The summed E-state index contributed by atoms with van der Waals surface area (Å²) in [6.07, 6.45) is 1.14. The molecule has 1 saturated heterocycles.